The molecule has 0 heteroatoms. The van der Waals surface area contributed by atoms with Crippen molar-refractivity contribution in [3.63, 3.8) is 0 Å². The maximum Gasteiger partial charge on any atom is -0.0134 e. The maximum absolute atomic E-state index is 2.29. The lowest BCUT2D eigenvalue weighted by atomic mass is 9.90. The van der Waals surface area contributed by atoms with Crippen molar-refractivity contribution in [3.05, 3.63) is 35.9 Å². The summed E-state index contributed by atoms with van der Waals surface area (Å²) in [4.78, 5) is 0. The average Bonchev–Trinajstić information content (AvgIpc) is 2.99. The van der Waals surface area contributed by atoms with Crippen molar-refractivity contribution in [2.75, 3.05) is 0 Å². The molecule has 70 valence electrons. The summed E-state index contributed by atoms with van der Waals surface area (Å²) in [6, 6.07) is 11.0. The maximum atomic E-state index is 2.29. The van der Waals surface area contributed by atoms with Gasteiger partial charge in [-0.05, 0) is 36.7 Å². The standard InChI is InChI=1S/C13H18/c1-2-6-13(12-9-10-12)11-7-4-3-5-8-11/h3-5,7-8,12-13H,2,6,9-10H2,1H3. The van der Waals surface area contributed by atoms with Crippen LogP contribution in [0.3, 0.4) is 0 Å². The first-order valence-corrected chi connectivity index (χ1v) is 5.46. The van der Waals surface area contributed by atoms with Crippen LogP contribution in [0.1, 0.15) is 44.1 Å². The van der Waals surface area contributed by atoms with Crippen LogP contribution < -0.4 is 0 Å². The minimum Gasteiger partial charge on any atom is -0.0654 e. The first-order valence-electron chi connectivity index (χ1n) is 5.46. The zero-order chi connectivity index (χ0) is 9.10. The second kappa shape index (κ2) is 3.95. The molecule has 0 spiro atoms. The van der Waals surface area contributed by atoms with Crippen molar-refractivity contribution in [1.29, 1.82) is 0 Å². The molecule has 0 N–H and O–H groups in total. The number of benzene rings is 1. The van der Waals surface area contributed by atoms with E-state index in [0.717, 1.165) is 11.8 Å². The van der Waals surface area contributed by atoms with Crippen molar-refractivity contribution in [2.24, 2.45) is 5.92 Å². The molecule has 1 aromatic carbocycles. The molecule has 0 bridgehead atoms. The monoisotopic (exact) mass is 174 g/mol. The summed E-state index contributed by atoms with van der Waals surface area (Å²) in [5.74, 6) is 1.86. The van der Waals surface area contributed by atoms with Crippen molar-refractivity contribution >= 4 is 0 Å². The van der Waals surface area contributed by atoms with Gasteiger partial charge in [0.2, 0.25) is 0 Å². The van der Waals surface area contributed by atoms with Crippen LogP contribution in [0.25, 0.3) is 0 Å². The Morgan fingerprint density at radius 2 is 1.92 bits per heavy atom. The molecular formula is C13H18. The predicted molar refractivity (Wildman–Crippen MR) is 56.8 cm³/mol. The molecule has 1 saturated carbocycles. The summed E-state index contributed by atoms with van der Waals surface area (Å²) in [6.07, 6.45) is 5.60. The summed E-state index contributed by atoms with van der Waals surface area (Å²) >= 11 is 0. The Kier molecular flexibility index (Phi) is 2.68. The molecule has 0 aliphatic heterocycles. The van der Waals surface area contributed by atoms with E-state index in [9.17, 15) is 0 Å². The van der Waals surface area contributed by atoms with Crippen molar-refractivity contribution in [1.82, 2.24) is 0 Å². The van der Waals surface area contributed by atoms with Crippen molar-refractivity contribution in [2.45, 2.75) is 38.5 Å². The lowest BCUT2D eigenvalue weighted by molar-refractivity contribution is 0.550. The zero-order valence-corrected chi connectivity index (χ0v) is 8.37. The van der Waals surface area contributed by atoms with E-state index >= 15 is 0 Å². The van der Waals surface area contributed by atoms with E-state index in [1.165, 1.54) is 25.7 Å². The highest BCUT2D eigenvalue weighted by Crippen LogP contribution is 2.44. The van der Waals surface area contributed by atoms with E-state index in [1.807, 2.05) is 0 Å². The van der Waals surface area contributed by atoms with Gasteiger partial charge in [-0.1, -0.05) is 43.7 Å². The second-order valence-corrected chi connectivity index (χ2v) is 4.14. The average molecular weight is 174 g/mol. The van der Waals surface area contributed by atoms with Gasteiger partial charge in [-0.25, -0.2) is 0 Å². The van der Waals surface area contributed by atoms with Gasteiger partial charge < -0.3 is 0 Å². The number of rotatable bonds is 4. The number of hydrogen-bond donors (Lipinski definition) is 0. The summed E-state index contributed by atoms with van der Waals surface area (Å²) in [6.45, 7) is 2.29. The van der Waals surface area contributed by atoms with E-state index in [1.54, 1.807) is 5.56 Å². The summed E-state index contributed by atoms with van der Waals surface area (Å²) in [5.41, 5.74) is 1.56. The van der Waals surface area contributed by atoms with Crippen LogP contribution in [-0.4, -0.2) is 0 Å². The SMILES string of the molecule is CCCC(c1ccccc1)C1CC1. The van der Waals surface area contributed by atoms with Gasteiger partial charge in [0.15, 0.2) is 0 Å². The third-order valence-electron chi connectivity index (χ3n) is 3.02. The Labute approximate surface area is 81.0 Å². The lowest BCUT2D eigenvalue weighted by Gasteiger charge is -2.15. The van der Waals surface area contributed by atoms with Crippen LogP contribution in [0.15, 0.2) is 30.3 Å². The van der Waals surface area contributed by atoms with Gasteiger partial charge in [-0.2, -0.15) is 0 Å². The van der Waals surface area contributed by atoms with Gasteiger partial charge in [0, 0.05) is 0 Å². The lowest BCUT2D eigenvalue weighted by Crippen LogP contribution is -2.00. The molecule has 1 atom stereocenters. The minimum absolute atomic E-state index is 0.853. The highest BCUT2D eigenvalue weighted by Gasteiger charge is 2.31. The van der Waals surface area contributed by atoms with Crippen molar-refractivity contribution < 1.29 is 0 Å². The van der Waals surface area contributed by atoms with Gasteiger partial charge in [0.25, 0.3) is 0 Å². The Morgan fingerprint density at radius 3 is 2.46 bits per heavy atom. The largest absolute Gasteiger partial charge is 0.0654 e. The van der Waals surface area contributed by atoms with Gasteiger partial charge >= 0.3 is 0 Å². The molecule has 1 unspecified atom stereocenters. The Morgan fingerprint density at radius 1 is 1.23 bits per heavy atom. The normalized spacial score (nSPS) is 18.5. The molecule has 1 aliphatic rings. The number of hydrogen-bond acceptors (Lipinski definition) is 0. The third-order valence-corrected chi connectivity index (χ3v) is 3.02. The molecule has 13 heavy (non-hydrogen) atoms. The Bertz CT molecular complexity index is 246. The molecule has 0 nitrogen and oxygen atoms in total. The quantitative estimate of drug-likeness (QED) is 0.647. The van der Waals surface area contributed by atoms with Gasteiger partial charge in [0.05, 0.1) is 0 Å². The highest BCUT2D eigenvalue weighted by molar-refractivity contribution is 5.21. The zero-order valence-electron chi connectivity index (χ0n) is 8.37. The molecular weight excluding hydrogens is 156 g/mol. The Hall–Kier alpha value is -0.780. The highest BCUT2D eigenvalue weighted by atomic mass is 14.4. The first kappa shape index (κ1) is 8.80. The summed E-state index contributed by atoms with van der Waals surface area (Å²) in [7, 11) is 0. The van der Waals surface area contributed by atoms with E-state index in [4.69, 9.17) is 0 Å². The Balaban J connectivity index is 2.10. The van der Waals surface area contributed by atoms with Crippen LogP contribution >= 0.6 is 0 Å². The molecule has 1 aliphatic carbocycles. The smallest absolute Gasteiger partial charge is 0.0134 e. The van der Waals surface area contributed by atoms with Gasteiger partial charge in [0.1, 0.15) is 0 Å². The molecule has 2 rings (SSSR count). The van der Waals surface area contributed by atoms with Gasteiger partial charge in [-0.15, -0.1) is 0 Å². The molecule has 0 saturated heterocycles. The third kappa shape index (κ3) is 2.12. The van der Waals surface area contributed by atoms with Gasteiger partial charge in [-0.3, -0.25) is 0 Å². The van der Waals surface area contributed by atoms with E-state index in [0.29, 0.717) is 0 Å². The van der Waals surface area contributed by atoms with E-state index < -0.39 is 0 Å². The van der Waals surface area contributed by atoms with E-state index in [-0.39, 0.29) is 0 Å². The fourth-order valence-corrected chi connectivity index (χ4v) is 2.18. The fourth-order valence-electron chi connectivity index (χ4n) is 2.18. The topological polar surface area (TPSA) is 0 Å². The van der Waals surface area contributed by atoms with Crippen LogP contribution in [-0.2, 0) is 0 Å². The molecule has 0 radical (unpaired) electrons. The first-order chi connectivity index (χ1) is 6.42. The molecule has 1 aromatic rings. The van der Waals surface area contributed by atoms with Crippen LogP contribution in [0.4, 0.5) is 0 Å². The fraction of sp³-hybridized carbons (Fsp3) is 0.538. The van der Waals surface area contributed by atoms with Crippen LogP contribution in [0, 0.1) is 5.92 Å². The second-order valence-electron chi connectivity index (χ2n) is 4.14. The van der Waals surface area contributed by atoms with E-state index in [2.05, 4.69) is 37.3 Å². The molecule has 0 amide bonds. The summed E-state index contributed by atoms with van der Waals surface area (Å²) < 4.78 is 0. The van der Waals surface area contributed by atoms with Crippen LogP contribution in [0.5, 0.6) is 0 Å². The molecule has 1 fully saturated rings. The minimum atomic E-state index is 0.853. The van der Waals surface area contributed by atoms with Crippen molar-refractivity contribution in [3.8, 4) is 0 Å². The van der Waals surface area contributed by atoms with Crippen LogP contribution in [0.2, 0.25) is 0 Å². The molecule has 0 heterocycles. The predicted octanol–water partition coefficient (Wildman–Crippen LogP) is 3.98. The summed E-state index contributed by atoms with van der Waals surface area (Å²) in [5, 5.41) is 0. The molecule has 0 aromatic heterocycles.